The van der Waals surface area contributed by atoms with Crippen LogP contribution in [0.4, 0.5) is 10.1 Å². The summed E-state index contributed by atoms with van der Waals surface area (Å²) < 4.78 is 19.4. The van der Waals surface area contributed by atoms with Crippen LogP contribution in [-0.2, 0) is 9.53 Å². The van der Waals surface area contributed by atoms with Gasteiger partial charge in [-0.1, -0.05) is 60.2 Å². The summed E-state index contributed by atoms with van der Waals surface area (Å²) in [6, 6.07) is 20.7. The molecule has 3 aromatic carbocycles. The van der Waals surface area contributed by atoms with Crippen LogP contribution < -0.4 is 4.90 Å². The summed E-state index contributed by atoms with van der Waals surface area (Å²) in [6.07, 6.45) is -0.0259. The first-order valence-electron chi connectivity index (χ1n) is 10.2. The topological polar surface area (TPSA) is 87.5 Å². The molecule has 0 aliphatic carbocycles. The first-order valence-corrected chi connectivity index (χ1v) is 10.2. The van der Waals surface area contributed by atoms with E-state index in [-0.39, 0.29) is 35.6 Å². The van der Waals surface area contributed by atoms with Gasteiger partial charge in [0.1, 0.15) is 5.82 Å². The molecule has 3 rings (SSSR count). The van der Waals surface area contributed by atoms with Crippen LogP contribution in [0.1, 0.15) is 38.3 Å². The predicted octanol–water partition coefficient (Wildman–Crippen LogP) is 4.47. The number of hydrogen-bond donors (Lipinski definition) is 0. The maximum absolute atomic E-state index is 14.2. The van der Waals surface area contributed by atoms with Crippen LogP contribution in [-0.4, -0.2) is 30.8 Å². The number of rotatable bonds is 8. The Kier molecular flexibility index (Phi) is 7.66. The van der Waals surface area contributed by atoms with E-state index >= 15 is 0 Å². The molecule has 0 N–H and O–H groups in total. The van der Waals surface area contributed by atoms with Crippen molar-refractivity contribution < 1.29 is 23.5 Å². The fraction of sp³-hybridized carbons (Fsp3) is 0.154. The summed E-state index contributed by atoms with van der Waals surface area (Å²) in [4.78, 5) is 39.4. The van der Waals surface area contributed by atoms with Crippen molar-refractivity contribution in [1.29, 1.82) is 5.26 Å². The van der Waals surface area contributed by atoms with Gasteiger partial charge in [0.05, 0.1) is 23.7 Å². The van der Waals surface area contributed by atoms with E-state index in [0.717, 1.165) is 10.5 Å². The van der Waals surface area contributed by atoms with Crippen LogP contribution in [0.15, 0.2) is 72.8 Å². The van der Waals surface area contributed by atoms with E-state index in [0.29, 0.717) is 5.56 Å². The van der Waals surface area contributed by atoms with E-state index in [1.807, 2.05) is 13.0 Å². The molecule has 0 bridgehead atoms. The Balaban J connectivity index is 1.77. The number of nitriles is 1. The van der Waals surface area contributed by atoms with Crippen LogP contribution >= 0.6 is 0 Å². The maximum atomic E-state index is 14.2. The molecule has 33 heavy (non-hydrogen) atoms. The van der Waals surface area contributed by atoms with Crippen molar-refractivity contribution >= 4 is 23.3 Å². The summed E-state index contributed by atoms with van der Waals surface area (Å²) in [5.41, 5.74) is 1.57. The summed E-state index contributed by atoms with van der Waals surface area (Å²) in [7, 11) is 0. The summed E-state index contributed by atoms with van der Waals surface area (Å²) in [5, 5.41) is 8.87. The molecule has 0 radical (unpaired) electrons. The molecule has 0 aromatic heterocycles. The van der Waals surface area contributed by atoms with Gasteiger partial charge >= 0.3 is 5.97 Å². The molecule has 0 spiro atoms. The summed E-state index contributed by atoms with van der Waals surface area (Å²) in [6.45, 7) is 1.17. The molecule has 0 aliphatic heterocycles. The lowest BCUT2D eigenvalue weighted by Gasteiger charge is -2.22. The van der Waals surface area contributed by atoms with Gasteiger partial charge in [-0.2, -0.15) is 5.26 Å². The van der Waals surface area contributed by atoms with Gasteiger partial charge in [-0.15, -0.1) is 0 Å². The molecule has 0 heterocycles. The number of amides is 1. The molecule has 0 fully saturated rings. The predicted molar refractivity (Wildman–Crippen MR) is 120 cm³/mol. The number of carbonyl (C=O) groups excluding carboxylic acids is 3. The number of ketones is 1. The van der Waals surface area contributed by atoms with Gasteiger partial charge in [-0.25, -0.2) is 9.18 Å². The van der Waals surface area contributed by atoms with Gasteiger partial charge in [-0.05, 0) is 25.1 Å². The molecule has 0 aliphatic rings. The Morgan fingerprint density at radius 3 is 2.24 bits per heavy atom. The van der Waals surface area contributed by atoms with Crippen LogP contribution in [0.25, 0.3) is 0 Å². The smallest absolute Gasteiger partial charge is 0.339 e. The average molecular weight is 444 g/mol. The highest BCUT2D eigenvalue weighted by molar-refractivity contribution is 6.14. The van der Waals surface area contributed by atoms with E-state index in [4.69, 9.17) is 10.00 Å². The summed E-state index contributed by atoms with van der Waals surface area (Å²) in [5.74, 6) is -2.53. The third kappa shape index (κ3) is 5.69. The second kappa shape index (κ2) is 10.8. The highest BCUT2D eigenvalue weighted by Crippen LogP contribution is 2.20. The second-order valence-corrected chi connectivity index (χ2v) is 7.22. The van der Waals surface area contributed by atoms with Crippen molar-refractivity contribution in [2.75, 3.05) is 18.1 Å². The van der Waals surface area contributed by atoms with E-state index in [2.05, 4.69) is 0 Å². The molecule has 166 valence electrons. The minimum absolute atomic E-state index is 0.0104. The molecule has 0 atom stereocenters. The Bertz CT molecular complexity index is 1220. The van der Waals surface area contributed by atoms with Crippen molar-refractivity contribution in [1.82, 2.24) is 0 Å². The number of para-hydroxylation sites is 1. The fourth-order valence-corrected chi connectivity index (χ4v) is 3.21. The van der Waals surface area contributed by atoms with Gasteiger partial charge in [0, 0.05) is 17.7 Å². The molecule has 0 saturated heterocycles. The number of benzene rings is 3. The Morgan fingerprint density at radius 1 is 0.939 bits per heavy atom. The first kappa shape index (κ1) is 23.4. The fourth-order valence-electron chi connectivity index (χ4n) is 3.21. The minimum Gasteiger partial charge on any atom is -0.452 e. The number of nitrogens with zero attached hydrogens (tertiary/aromatic N) is 2. The highest BCUT2D eigenvalue weighted by atomic mass is 19.1. The zero-order chi connectivity index (χ0) is 23.8. The van der Waals surface area contributed by atoms with Crippen molar-refractivity contribution in [2.45, 2.75) is 13.3 Å². The zero-order valence-electron chi connectivity index (χ0n) is 18.0. The standard InChI is InChI=1S/C26H21FN2O4/c1-18-11-13-19(14-12-18)25(31)20-7-2-3-8-21(20)26(32)33-17-24(30)29(16-6-15-28)23-10-5-4-9-22(23)27/h2-5,7-14H,6,16-17H2,1H3. The van der Waals surface area contributed by atoms with Crippen LogP contribution in [0.3, 0.4) is 0 Å². The number of carbonyl (C=O) groups is 3. The Hall–Kier alpha value is -4.31. The number of ether oxygens (including phenoxy) is 1. The average Bonchev–Trinajstić information content (AvgIpc) is 2.83. The van der Waals surface area contributed by atoms with Crippen molar-refractivity contribution in [3.8, 4) is 6.07 Å². The lowest BCUT2D eigenvalue weighted by molar-refractivity contribution is -0.121. The Labute approximate surface area is 190 Å². The number of esters is 1. The maximum Gasteiger partial charge on any atom is 0.339 e. The number of anilines is 1. The lowest BCUT2D eigenvalue weighted by atomic mass is 9.98. The lowest BCUT2D eigenvalue weighted by Crippen LogP contribution is -2.36. The normalized spacial score (nSPS) is 10.2. The third-order valence-electron chi connectivity index (χ3n) is 4.92. The summed E-state index contributed by atoms with van der Waals surface area (Å²) >= 11 is 0. The largest absolute Gasteiger partial charge is 0.452 e. The second-order valence-electron chi connectivity index (χ2n) is 7.22. The van der Waals surface area contributed by atoms with Crippen molar-refractivity contribution in [3.63, 3.8) is 0 Å². The third-order valence-corrected chi connectivity index (χ3v) is 4.92. The van der Waals surface area contributed by atoms with Gasteiger partial charge < -0.3 is 9.64 Å². The van der Waals surface area contributed by atoms with E-state index < -0.39 is 24.3 Å². The molecule has 3 aromatic rings. The Morgan fingerprint density at radius 2 is 1.58 bits per heavy atom. The van der Waals surface area contributed by atoms with E-state index in [1.165, 1.54) is 30.3 Å². The molecule has 1 amide bonds. The monoisotopic (exact) mass is 444 g/mol. The number of aryl methyl sites for hydroxylation is 1. The highest BCUT2D eigenvalue weighted by Gasteiger charge is 2.23. The van der Waals surface area contributed by atoms with Gasteiger partial charge in [0.15, 0.2) is 12.4 Å². The van der Waals surface area contributed by atoms with Gasteiger partial charge in [0.2, 0.25) is 0 Å². The van der Waals surface area contributed by atoms with Crippen molar-refractivity contribution in [3.05, 3.63) is 101 Å². The first-order chi connectivity index (χ1) is 15.9. The quantitative estimate of drug-likeness (QED) is 0.378. The molecule has 0 saturated carbocycles. The van der Waals surface area contributed by atoms with Crippen LogP contribution in [0, 0.1) is 24.1 Å². The minimum atomic E-state index is -0.854. The number of halogens is 1. The van der Waals surface area contributed by atoms with Crippen LogP contribution in [0.2, 0.25) is 0 Å². The van der Waals surface area contributed by atoms with Crippen molar-refractivity contribution in [2.24, 2.45) is 0 Å². The molecular formula is C26H21FN2O4. The molecular weight excluding hydrogens is 423 g/mol. The molecule has 0 unspecified atom stereocenters. The zero-order valence-corrected chi connectivity index (χ0v) is 18.0. The molecule has 6 nitrogen and oxygen atoms in total. The van der Waals surface area contributed by atoms with Gasteiger partial charge in [-0.3, -0.25) is 9.59 Å². The van der Waals surface area contributed by atoms with E-state index in [1.54, 1.807) is 42.5 Å². The number of hydrogen-bond acceptors (Lipinski definition) is 5. The van der Waals surface area contributed by atoms with Gasteiger partial charge in [0.25, 0.3) is 5.91 Å². The van der Waals surface area contributed by atoms with Crippen LogP contribution in [0.5, 0.6) is 0 Å². The SMILES string of the molecule is Cc1ccc(C(=O)c2ccccc2C(=O)OCC(=O)N(CCC#N)c2ccccc2F)cc1. The molecule has 7 heteroatoms. The van der Waals surface area contributed by atoms with E-state index in [9.17, 15) is 18.8 Å².